The molecule has 2 heterocycles. The molecule has 0 spiro atoms. The molecule has 4 N–H and O–H groups in total. The van der Waals surface area contributed by atoms with Crippen LogP contribution in [0.25, 0.3) is 22.0 Å². The van der Waals surface area contributed by atoms with Crippen molar-refractivity contribution in [3.05, 3.63) is 114 Å². The zero-order chi connectivity index (χ0) is 25.1. The van der Waals surface area contributed by atoms with Gasteiger partial charge in [-0.1, -0.05) is 54.6 Å². The molecule has 3 aromatic carbocycles. The topological polar surface area (TPSA) is 106 Å². The lowest BCUT2D eigenvalue weighted by Crippen LogP contribution is -2.30. The van der Waals surface area contributed by atoms with E-state index in [0.29, 0.717) is 24.1 Å². The van der Waals surface area contributed by atoms with Gasteiger partial charge < -0.3 is 16.0 Å². The number of nitrogens with two attached hydrogens (primary N) is 1. The summed E-state index contributed by atoms with van der Waals surface area (Å²) >= 11 is 0. The predicted molar refractivity (Wildman–Crippen MR) is 141 cm³/mol. The number of carbonyl (C=O) groups excluding carboxylic acids is 2. The molecule has 0 aliphatic rings. The molecule has 1 amide bonds. The molecule has 5 aromatic rings. The van der Waals surface area contributed by atoms with Crippen molar-refractivity contribution < 1.29 is 9.59 Å². The number of aromatic nitrogens is 3. The summed E-state index contributed by atoms with van der Waals surface area (Å²) in [4.78, 5) is 28.4. The molecular formula is C29H27N5O2. The highest BCUT2D eigenvalue weighted by molar-refractivity contribution is 6.11. The number of rotatable bonds is 9. The summed E-state index contributed by atoms with van der Waals surface area (Å²) in [7, 11) is 1.89. The van der Waals surface area contributed by atoms with E-state index < -0.39 is 11.9 Å². The van der Waals surface area contributed by atoms with Crippen LogP contribution in [0, 0.1) is 0 Å². The molecule has 0 radical (unpaired) electrons. The number of amides is 1. The number of hydrogen-bond acceptors (Lipinski definition) is 4. The van der Waals surface area contributed by atoms with Gasteiger partial charge in [0.1, 0.15) is 0 Å². The Morgan fingerprint density at radius 1 is 1.03 bits per heavy atom. The van der Waals surface area contributed by atoms with Gasteiger partial charge in [0, 0.05) is 53.6 Å². The van der Waals surface area contributed by atoms with Crippen LogP contribution >= 0.6 is 0 Å². The average molecular weight is 478 g/mol. The summed E-state index contributed by atoms with van der Waals surface area (Å²) in [6.45, 7) is 0.592. The van der Waals surface area contributed by atoms with Gasteiger partial charge in [0.25, 0.3) is 0 Å². The lowest BCUT2D eigenvalue weighted by Gasteiger charge is -2.18. The number of carbonyl (C=O) groups is 2. The standard InChI is InChI=1S/C29H27N5O2/c1-34-18-23(16-33-34)22-11-12-24-25(17-32-26(24)15-22)28(35)27(20-5-3-2-4-6-20)31-14-13-19-7-9-21(10-8-19)29(30)36/h2-12,15-18,27,31-32H,13-14H2,1H3,(H2,30,36)/t27-/m0/s1. The second kappa shape index (κ2) is 10.0. The lowest BCUT2D eigenvalue weighted by molar-refractivity contribution is 0.0943. The molecule has 7 nitrogen and oxygen atoms in total. The van der Waals surface area contributed by atoms with Crippen molar-refractivity contribution in [1.82, 2.24) is 20.1 Å². The molecule has 36 heavy (non-hydrogen) atoms. The van der Waals surface area contributed by atoms with Crippen LogP contribution < -0.4 is 11.1 Å². The normalized spacial score (nSPS) is 12.0. The number of aromatic amines is 1. The number of nitrogens with one attached hydrogen (secondary N) is 2. The number of primary amides is 1. The van der Waals surface area contributed by atoms with Crippen LogP contribution in [0.15, 0.2) is 91.4 Å². The maximum Gasteiger partial charge on any atom is 0.248 e. The summed E-state index contributed by atoms with van der Waals surface area (Å²) in [6.07, 6.45) is 6.29. The fourth-order valence-electron chi connectivity index (χ4n) is 4.44. The van der Waals surface area contributed by atoms with E-state index in [-0.39, 0.29) is 5.78 Å². The van der Waals surface area contributed by atoms with Crippen LogP contribution in [0.2, 0.25) is 0 Å². The molecule has 5 rings (SSSR count). The fourth-order valence-corrected chi connectivity index (χ4v) is 4.44. The fraction of sp³-hybridized carbons (Fsp3) is 0.138. The summed E-state index contributed by atoms with van der Waals surface area (Å²) in [5, 5.41) is 8.58. The van der Waals surface area contributed by atoms with Crippen LogP contribution in [0.4, 0.5) is 0 Å². The van der Waals surface area contributed by atoms with E-state index in [1.807, 2.05) is 80.1 Å². The molecule has 0 saturated carbocycles. The van der Waals surface area contributed by atoms with Crippen molar-refractivity contribution in [3.8, 4) is 11.1 Å². The van der Waals surface area contributed by atoms with Crippen LogP contribution in [0.5, 0.6) is 0 Å². The molecule has 0 saturated heterocycles. The molecule has 0 aliphatic heterocycles. The Kier molecular flexibility index (Phi) is 6.47. The SMILES string of the molecule is Cn1cc(-c2ccc3c(C(=O)[C@@H](NCCc4ccc(C(N)=O)cc4)c4ccccc4)c[nH]c3c2)cn1. The first kappa shape index (κ1) is 23.3. The van der Waals surface area contributed by atoms with Crippen molar-refractivity contribution in [3.63, 3.8) is 0 Å². The first-order chi connectivity index (χ1) is 17.5. The van der Waals surface area contributed by atoms with Gasteiger partial charge in [-0.2, -0.15) is 5.10 Å². The average Bonchev–Trinajstić information content (AvgIpc) is 3.53. The van der Waals surface area contributed by atoms with Gasteiger partial charge in [0.05, 0.1) is 12.2 Å². The lowest BCUT2D eigenvalue weighted by atomic mass is 9.96. The Balaban J connectivity index is 1.37. The summed E-state index contributed by atoms with van der Waals surface area (Å²) in [6, 6.07) is 22.5. The third kappa shape index (κ3) is 4.82. The van der Waals surface area contributed by atoms with E-state index in [1.165, 1.54) is 0 Å². The van der Waals surface area contributed by atoms with Gasteiger partial charge in [0.2, 0.25) is 5.91 Å². The Morgan fingerprint density at radius 3 is 2.50 bits per heavy atom. The number of ketones is 1. The van der Waals surface area contributed by atoms with E-state index in [1.54, 1.807) is 23.0 Å². The Morgan fingerprint density at radius 2 is 1.81 bits per heavy atom. The van der Waals surface area contributed by atoms with Crippen LogP contribution in [0.3, 0.4) is 0 Å². The number of H-pyrrole nitrogens is 1. The summed E-state index contributed by atoms with van der Waals surface area (Å²) < 4.78 is 1.77. The molecule has 7 heteroatoms. The van der Waals surface area contributed by atoms with Crippen molar-refractivity contribution in [1.29, 1.82) is 0 Å². The molecule has 0 aliphatic carbocycles. The van der Waals surface area contributed by atoms with Crippen molar-refractivity contribution in [2.45, 2.75) is 12.5 Å². The Bertz CT molecular complexity index is 1520. The third-order valence-electron chi connectivity index (χ3n) is 6.38. The van der Waals surface area contributed by atoms with E-state index in [0.717, 1.165) is 33.2 Å². The second-order valence-electron chi connectivity index (χ2n) is 8.84. The largest absolute Gasteiger partial charge is 0.366 e. The molecular weight excluding hydrogens is 450 g/mol. The number of Topliss-reactive ketones (excluding diaryl/α,β-unsaturated/α-hetero) is 1. The number of nitrogens with zero attached hydrogens (tertiary/aromatic N) is 2. The van der Waals surface area contributed by atoms with Crippen molar-refractivity contribution in [2.75, 3.05) is 6.54 Å². The van der Waals surface area contributed by atoms with E-state index in [4.69, 9.17) is 5.73 Å². The van der Waals surface area contributed by atoms with E-state index >= 15 is 0 Å². The highest BCUT2D eigenvalue weighted by Gasteiger charge is 2.24. The van der Waals surface area contributed by atoms with E-state index in [2.05, 4.69) is 15.4 Å². The highest BCUT2D eigenvalue weighted by Crippen LogP contribution is 2.28. The minimum Gasteiger partial charge on any atom is -0.366 e. The highest BCUT2D eigenvalue weighted by atomic mass is 16.1. The summed E-state index contributed by atoms with van der Waals surface area (Å²) in [5.41, 5.74) is 11.4. The quantitative estimate of drug-likeness (QED) is 0.273. The maximum absolute atomic E-state index is 13.8. The summed E-state index contributed by atoms with van der Waals surface area (Å²) in [5.74, 6) is -0.439. The van der Waals surface area contributed by atoms with Gasteiger partial charge in [-0.05, 0) is 41.3 Å². The first-order valence-corrected chi connectivity index (χ1v) is 11.8. The predicted octanol–water partition coefficient (Wildman–Crippen LogP) is 4.42. The molecule has 0 unspecified atom stereocenters. The van der Waals surface area contributed by atoms with Crippen LogP contribution in [-0.2, 0) is 13.5 Å². The monoisotopic (exact) mass is 477 g/mol. The smallest absolute Gasteiger partial charge is 0.248 e. The van der Waals surface area contributed by atoms with Crippen LogP contribution in [0.1, 0.15) is 37.9 Å². The number of aryl methyl sites for hydroxylation is 1. The molecule has 0 bridgehead atoms. The second-order valence-corrected chi connectivity index (χ2v) is 8.84. The molecule has 180 valence electrons. The number of fused-ring (bicyclic) bond motifs is 1. The van der Waals surface area contributed by atoms with Gasteiger partial charge in [-0.3, -0.25) is 14.3 Å². The molecule has 0 fully saturated rings. The van der Waals surface area contributed by atoms with Crippen molar-refractivity contribution in [2.24, 2.45) is 12.8 Å². The molecule has 2 aromatic heterocycles. The maximum atomic E-state index is 13.8. The number of hydrogen-bond donors (Lipinski definition) is 3. The Hall–Kier alpha value is -4.49. The zero-order valence-corrected chi connectivity index (χ0v) is 19.9. The van der Waals surface area contributed by atoms with Crippen LogP contribution in [-0.4, -0.2) is 33.0 Å². The van der Waals surface area contributed by atoms with Gasteiger partial charge in [-0.25, -0.2) is 0 Å². The minimum atomic E-state index is -0.493. The van der Waals surface area contributed by atoms with Crippen molar-refractivity contribution >= 4 is 22.6 Å². The van der Waals surface area contributed by atoms with Gasteiger partial charge >= 0.3 is 0 Å². The van der Waals surface area contributed by atoms with E-state index in [9.17, 15) is 9.59 Å². The zero-order valence-electron chi connectivity index (χ0n) is 19.9. The Labute approximate surface area is 209 Å². The van der Waals surface area contributed by atoms with Gasteiger partial charge in [0.15, 0.2) is 5.78 Å². The molecule has 1 atom stereocenters. The first-order valence-electron chi connectivity index (χ1n) is 11.8. The third-order valence-corrected chi connectivity index (χ3v) is 6.38. The minimum absolute atomic E-state index is 0.00524. The number of benzene rings is 3. The van der Waals surface area contributed by atoms with Gasteiger partial charge in [-0.15, -0.1) is 0 Å².